The molecule has 13 heavy (non-hydrogen) atoms. The lowest BCUT2D eigenvalue weighted by Gasteiger charge is -2.07. The van der Waals surface area contributed by atoms with Gasteiger partial charge in [0, 0.05) is 6.92 Å². The summed E-state index contributed by atoms with van der Waals surface area (Å²) in [7, 11) is -3.69. The quantitative estimate of drug-likeness (QED) is 0.684. The highest BCUT2D eigenvalue weighted by atomic mass is 31.2. The van der Waals surface area contributed by atoms with Gasteiger partial charge in [-0.3, -0.25) is 13.8 Å². The molecule has 0 spiro atoms. The molecule has 0 radical (unpaired) electrons. The van der Waals surface area contributed by atoms with Gasteiger partial charge in [0.05, 0.1) is 13.2 Å². The molecule has 0 aliphatic heterocycles. The van der Waals surface area contributed by atoms with Crippen LogP contribution >= 0.6 is 7.82 Å². The second-order valence-corrected chi connectivity index (χ2v) is 3.28. The van der Waals surface area contributed by atoms with Crippen LogP contribution in [0, 0.1) is 0 Å². The first kappa shape index (κ1) is 15.1. The van der Waals surface area contributed by atoms with E-state index in [0.29, 0.717) is 0 Å². The minimum absolute atomic E-state index is 0.188. The lowest BCUT2D eigenvalue weighted by molar-refractivity contribution is -0.134. The van der Waals surface area contributed by atoms with Crippen molar-refractivity contribution < 1.29 is 28.4 Å². The van der Waals surface area contributed by atoms with Gasteiger partial charge in [0.25, 0.3) is 5.97 Å². The van der Waals surface area contributed by atoms with Gasteiger partial charge in [-0.2, -0.15) is 0 Å². The Hall–Kier alpha value is -0.420. The summed E-state index contributed by atoms with van der Waals surface area (Å²) < 4.78 is 19.2. The monoisotopic (exact) mass is 214 g/mol. The molecule has 0 saturated carbocycles. The van der Waals surface area contributed by atoms with Crippen LogP contribution in [0.4, 0.5) is 0 Å². The van der Waals surface area contributed by atoms with E-state index in [1.165, 1.54) is 0 Å². The van der Waals surface area contributed by atoms with Crippen LogP contribution in [0.5, 0.6) is 0 Å². The average Bonchev–Trinajstić information content (AvgIpc) is 1.84. The van der Waals surface area contributed by atoms with Crippen LogP contribution in [0.15, 0.2) is 0 Å². The van der Waals surface area contributed by atoms with Crippen LogP contribution in [0.25, 0.3) is 0 Å². The SMILES string of the molecule is CC(=O)O.CCOP(=O)(O)OCC. The van der Waals surface area contributed by atoms with Gasteiger partial charge in [-0.05, 0) is 13.8 Å². The zero-order valence-electron chi connectivity index (χ0n) is 7.89. The maximum Gasteiger partial charge on any atom is 0.472 e. The van der Waals surface area contributed by atoms with E-state index < -0.39 is 13.8 Å². The third-order valence-corrected chi connectivity index (χ3v) is 1.75. The molecule has 0 aliphatic rings. The van der Waals surface area contributed by atoms with Crippen LogP contribution in [0.1, 0.15) is 20.8 Å². The van der Waals surface area contributed by atoms with Gasteiger partial charge in [-0.15, -0.1) is 0 Å². The van der Waals surface area contributed by atoms with E-state index in [1.807, 2.05) is 0 Å². The Labute approximate surface area is 77.1 Å². The fourth-order valence-electron chi connectivity index (χ4n) is 0.364. The van der Waals surface area contributed by atoms with Gasteiger partial charge in [-0.1, -0.05) is 0 Å². The predicted molar refractivity (Wildman–Crippen MR) is 46.4 cm³/mol. The molecule has 0 saturated heterocycles. The molecule has 7 heteroatoms. The standard InChI is InChI=1S/C4H11O4P.C2H4O2/c1-3-7-9(5,6)8-4-2;1-2(3)4/h3-4H2,1-2H3,(H,5,6);1H3,(H,3,4). The van der Waals surface area contributed by atoms with Gasteiger partial charge in [0.1, 0.15) is 0 Å². The van der Waals surface area contributed by atoms with Gasteiger partial charge in [-0.25, -0.2) is 4.57 Å². The summed E-state index contributed by atoms with van der Waals surface area (Å²) in [5.74, 6) is -0.833. The third-order valence-electron chi connectivity index (χ3n) is 0.584. The second-order valence-electron chi connectivity index (χ2n) is 1.82. The Balaban J connectivity index is 0. The van der Waals surface area contributed by atoms with Gasteiger partial charge < -0.3 is 10.00 Å². The van der Waals surface area contributed by atoms with Gasteiger partial charge >= 0.3 is 7.82 Å². The number of carbonyl (C=O) groups is 1. The van der Waals surface area contributed by atoms with Gasteiger partial charge in [0.2, 0.25) is 0 Å². The topological polar surface area (TPSA) is 93.1 Å². The normalized spacial score (nSPS) is 10.2. The molecule has 0 rings (SSSR count). The molecule has 2 N–H and O–H groups in total. The molecule has 0 amide bonds. The number of rotatable bonds is 4. The largest absolute Gasteiger partial charge is 0.481 e. The smallest absolute Gasteiger partial charge is 0.472 e. The number of carboxylic acids is 1. The molecule has 0 fully saturated rings. The lowest BCUT2D eigenvalue weighted by atomic mass is 10.9. The molecule has 0 aromatic carbocycles. The van der Waals surface area contributed by atoms with E-state index in [1.54, 1.807) is 13.8 Å². The van der Waals surface area contributed by atoms with Crippen LogP contribution in [-0.4, -0.2) is 29.2 Å². The number of phosphoric acid groups is 1. The minimum Gasteiger partial charge on any atom is -0.481 e. The molecule has 0 atom stereocenters. The predicted octanol–water partition coefficient (Wildman–Crippen LogP) is 1.25. The Bertz CT molecular complexity index is 166. The Morgan fingerprint density at radius 2 is 1.54 bits per heavy atom. The first-order valence-corrected chi connectivity index (χ1v) is 5.16. The molecule has 0 aromatic heterocycles. The summed E-state index contributed by atoms with van der Waals surface area (Å²) in [6.45, 7) is 4.71. The van der Waals surface area contributed by atoms with E-state index in [-0.39, 0.29) is 13.2 Å². The van der Waals surface area contributed by atoms with Crippen molar-refractivity contribution >= 4 is 13.8 Å². The summed E-state index contributed by atoms with van der Waals surface area (Å²) in [6.07, 6.45) is 0. The molecule has 0 aromatic rings. The van der Waals surface area contributed by atoms with Crippen molar-refractivity contribution in [2.24, 2.45) is 0 Å². The minimum atomic E-state index is -3.69. The van der Waals surface area contributed by atoms with Crippen molar-refractivity contribution in [3.8, 4) is 0 Å². The molecule has 0 heterocycles. The zero-order chi connectivity index (χ0) is 10.9. The van der Waals surface area contributed by atoms with Crippen molar-refractivity contribution in [2.75, 3.05) is 13.2 Å². The van der Waals surface area contributed by atoms with E-state index in [0.717, 1.165) is 6.92 Å². The molecule has 6 nitrogen and oxygen atoms in total. The molecule has 0 bridgehead atoms. The Morgan fingerprint density at radius 1 is 1.31 bits per heavy atom. The van der Waals surface area contributed by atoms with Crippen LogP contribution in [-0.2, 0) is 18.4 Å². The number of hydrogen-bond donors (Lipinski definition) is 2. The van der Waals surface area contributed by atoms with Crippen LogP contribution in [0.2, 0.25) is 0 Å². The average molecular weight is 214 g/mol. The second kappa shape index (κ2) is 8.19. The summed E-state index contributed by atoms with van der Waals surface area (Å²) in [5, 5.41) is 7.42. The Morgan fingerprint density at radius 3 is 1.69 bits per heavy atom. The molecular weight excluding hydrogens is 199 g/mol. The molecular formula is C6H15O6P. The fourth-order valence-corrected chi connectivity index (χ4v) is 1.09. The highest BCUT2D eigenvalue weighted by molar-refractivity contribution is 7.47. The fraction of sp³-hybridized carbons (Fsp3) is 0.833. The van der Waals surface area contributed by atoms with E-state index in [2.05, 4.69) is 9.05 Å². The Kier molecular flexibility index (Phi) is 9.50. The van der Waals surface area contributed by atoms with Crippen LogP contribution in [0.3, 0.4) is 0 Å². The first-order chi connectivity index (χ1) is 5.85. The summed E-state index contributed by atoms with van der Waals surface area (Å²) in [6, 6.07) is 0. The van der Waals surface area contributed by atoms with Crippen molar-refractivity contribution in [1.29, 1.82) is 0 Å². The zero-order valence-corrected chi connectivity index (χ0v) is 8.78. The molecule has 0 aliphatic carbocycles. The number of phosphoric ester groups is 1. The van der Waals surface area contributed by atoms with Crippen molar-refractivity contribution in [2.45, 2.75) is 20.8 Å². The molecule has 0 unspecified atom stereocenters. The van der Waals surface area contributed by atoms with E-state index >= 15 is 0 Å². The molecule has 80 valence electrons. The first-order valence-electron chi connectivity index (χ1n) is 3.67. The number of aliphatic carboxylic acids is 1. The third kappa shape index (κ3) is 18.5. The van der Waals surface area contributed by atoms with Gasteiger partial charge in [0.15, 0.2) is 0 Å². The van der Waals surface area contributed by atoms with Crippen molar-refractivity contribution in [3.63, 3.8) is 0 Å². The summed E-state index contributed by atoms with van der Waals surface area (Å²) in [5.41, 5.74) is 0. The lowest BCUT2D eigenvalue weighted by Crippen LogP contribution is -1.93. The highest BCUT2D eigenvalue weighted by Gasteiger charge is 2.17. The van der Waals surface area contributed by atoms with E-state index in [9.17, 15) is 4.57 Å². The maximum absolute atomic E-state index is 10.5. The highest BCUT2D eigenvalue weighted by Crippen LogP contribution is 2.42. The van der Waals surface area contributed by atoms with Crippen molar-refractivity contribution in [3.05, 3.63) is 0 Å². The maximum atomic E-state index is 10.5. The summed E-state index contributed by atoms with van der Waals surface area (Å²) >= 11 is 0. The number of hydrogen-bond acceptors (Lipinski definition) is 4. The number of carboxylic acid groups (broad SMARTS) is 1. The van der Waals surface area contributed by atoms with Crippen molar-refractivity contribution in [1.82, 2.24) is 0 Å². The summed E-state index contributed by atoms with van der Waals surface area (Å²) in [4.78, 5) is 17.6. The van der Waals surface area contributed by atoms with E-state index in [4.69, 9.17) is 14.8 Å². The van der Waals surface area contributed by atoms with Crippen LogP contribution < -0.4 is 0 Å².